The van der Waals surface area contributed by atoms with Gasteiger partial charge in [0.1, 0.15) is 22.8 Å². The average Bonchev–Trinajstić information content (AvgIpc) is 3.23. The second-order valence-corrected chi connectivity index (χ2v) is 10.7. The quantitative estimate of drug-likeness (QED) is 0.477. The maximum Gasteiger partial charge on any atom is 0.147 e. The summed E-state index contributed by atoms with van der Waals surface area (Å²) < 4.78 is 6.69. The van der Waals surface area contributed by atoms with E-state index in [0.717, 1.165) is 71.5 Å². The molecule has 8 nitrogen and oxygen atoms in total. The van der Waals surface area contributed by atoms with Crippen LogP contribution in [0.2, 0.25) is 0 Å². The zero-order valence-electron chi connectivity index (χ0n) is 19.8. The van der Waals surface area contributed by atoms with Crippen molar-refractivity contribution in [3.05, 3.63) is 47.5 Å². The van der Waals surface area contributed by atoms with Crippen molar-refractivity contribution in [1.29, 1.82) is 0 Å². The zero-order valence-corrected chi connectivity index (χ0v) is 20.7. The summed E-state index contributed by atoms with van der Waals surface area (Å²) >= 11 is 1.69. The summed E-state index contributed by atoms with van der Waals surface area (Å²) in [7, 11) is 2.21. The smallest absolute Gasteiger partial charge is 0.147 e. The first-order valence-electron chi connectivity index (χ1n) is 11.8. The zero-order chi connectivity index (χ0) is 23.3. The van der Waals surface area contributed by atoms with Crippen molar-refractivity contribution in [3.8, 4) is 0 Å². The molecule has 0 atom stereocenters. The molecule has 0 unspecified atom stereocenters. The Morgan fingerprint density at radius 2 is 2.03 bits per heavy atom. The minimum Gasteiger partial charge on any atom is -0.378 e. The molecule has 6 heterocycles. The Kier molecular flexibility index (Phi) is 5.35. The fourth-order valence-electron chi connectivity index (χ4n) is 4.93. The topological polar surface area (TPSA) is 79.3 Å². The minimum atomic E-state index is 0.0617. The molecule has 0 radical (unpaired) electrons. The Hall–Kier alpha value is -2.88. The highest BCUT2D eigenvalue weighted by Crippen LogP contribution is 2.44. The molecular weight excluding hydrogens is 446 g/mol. The molecule has 2 aliphatic rings. The lowest BCUT2D eigenvalue weighted by Gasteiger charge is -2.42. The first-order chi connectivity index (χ1) is 16.5. The van der Waals surface area contributed by atoms with Crippen LogP contribution >= 0.6 is 11.3 Å². The molecule has 9 heteroatoms. The fourth-order valence-corrected chi connectivity index (χ4v) is 6.05. The van der Waals surface area contributed by atoms with Gasteiger partial charge in [0.15, 0.2) is 0 Å². The van der Waals surface area contributed by atoms with Crippen molar-refractivity contribution in [3.63, 3.8) is 0 Å². The predicted octanol–water partition coefficient (Wildman–Crippen LogP) is 3.85. The van der Waals surface area contributed by atoms with E-state index in [1.165, 1.54) is 16.5 Å². The van der Waals surface area contributed by atoms with Gasteiger partial charge in [-0.1, -0.05) is 6.07 Å². The van der Waals surface area contributed by atoms with E-state index in [0.29, 0.717) is 6.54 Å². The lowest BCUT2D eigenvalue weighted by Crippen LogP contribution is -2.47. The van der Waals surface area contributed by atoms with Crippen molar-refractivity contribution in [2.24, 2.45) is 0 Å². The van der Waals surface area contributed by atoms with E-state index in [-0.39, 0.29) is 5.54 Å². The van der Waals surface area contributed by atoms with E-state index in [9.17, 15) is 0 Å². The van der Waals surface area contributed by atoms with Crippen molar-refractivity contribution < 1.29 is 4.74 Å². The van der Waals surface area contributed by atoms with Crippen LogP contribution < -0.4 is 10.2 Å². The molecule has 2 aliphatic heterocycles. The van der Waals surface area contributed by atoms with E-state index in [4.69, 9.17) is 14.7 Å². The van der Waals surface area contributed by atoms with Crippen molar-refractivity contribution >= 4 is 43.4 Å². The summed E-state index contributed by atoms with van der Waals surface area (Å²) in [5.41, 5.74) is 4.90. The highest BCUT2D eigenvalue weighted by Gasteiger charge is 2.35. The number of hydrogen-bond acceptors (Lipinski definition) is 9. The van der Waals surface area contributed by atoms with Crippen molar-refractivity contribution in [2.75, 3.05) is 43.6 Å². The Morgan fingerprint density at radius 1 is 1.18 bits per heavy atom. The lowest BCUT2D eigenvalue weighted by atomic mass is 9.84. The lowest BCUT2D eigenvalue weighted by molar-refractivity contribution is 0.120. The molecule has 1 N–H and O–H groups in total. The molecule has 0 aromatic carbocycles. The second kappa shape index (κ2) is 8.41. The summed E-state index contributed by atoms with van der Waals surface area (Å²) in [4.78, 5) is 24.7. The van der Waals surface area contributed by atoms with Crippen LogP contribution in [-0.2, 0) is 24.2 Å². The molecule has 1 fully saturated rings. The van der Waals surface area contributed by atoms with Gasteiger partial charge in [-0.2, -0.15) is 0 Å². The summed E-state index contributed by atoms with van der Waals surface area (Å²) in [6.07, 6.45) is 6.30. The maximum absolute atomic E-state index is 5.63. The van der Waals surface area contributed by atoms with Crippen LogP contribution in [0.25, 0.3) is 20.4 Å². The van der Waals surface area contributed by atoms with Gasteiger partial charge in [-0.05, 0) is 44.5 Å². The number of thiophene rings is 1. The number of nitrogens with zero attached hydrogens (tertiary/aromatic N) is 6. The van der Waals surface area contributed by atoms with Crippen molar-refractivity contribution in [1.82, 2.24) is 24.8 Å². The van der Waals surface area contributed by atoms with E-state index in [2.05, 4.69) is 52.0 Å². The number of aromatic nitrogens is 4. The normalized spacial score (nSPS) is 18.4. The highest BCUT2D eigenvalue weighted by molar-refractivity contribution is 7.26. The molecular formula is C25H29N7OS. The van der Waals surface area contributed by atoms with Gasteiger partial charge in [-0.25, -0.2) is 15.0 Å². The van der Waals surface area contributed by atoms with E-state index in [1.54, 1.807) is 23.9 Å². The number of fused-ring (bicyclic) bond motifs is 5. The molecule has 0 aliphatic carbocycles. The molecule has 4 aromatic rings. The minimum absolute atomic E-state index is 0.0617. The number of hydrogen-bond donors (Lipinski definition) is 1. The molecule has 6 rings (SSSR count). The van der Waals surface area contributed by atoms with E-state index in [1.807, 2.05) is 12.3 Å². The fraction of sp³-hybridized carbons (Fsp3) is 0.440. The summed E-state index contributed by atoms with van der Waals surface area (Å²) in [6.45, 7) is 9.43. The number of ether oxygens (including phenoxy) is 1. The Labute approximate surface area is 203 Å². The Morgan fingerprint density at radius 3 is 2.82 bits per heavy atom. The summed E-state index contributed by atoms with van der Waals surface area (Å²) in [5.74, 6) is 1.96. The first kappa shape index (κ1) is 21.6. The molecule has 176 valence electrons. The van der Waals surface area contributed by atoms with Crippen LogP contribution in [0, 0.1) is 0 Å². The average molecular weight is 476 g/mol. The maximum atomic E-state index is 5.63. The number of anilines is 2. The largest absolute Gasteiger partial charge is 0.378 e. The molecule has 0 bridgehead atoms. The Balaban J connectivity index is 1.51. The number of rotatable bonds is 4. The van der Waals surface area contributed by atoms with Gasteiger partial charge in [0, 0.05) is 55.1 Å². The van der Waals surface area contributed by atoms with Crippen LogP contribution in [0.15, 0.2) is 30.9 Å². The van der Waals surface area contributed by atoms with Crippen LogP contribution in [0.4, 0.5) is 11.6 Å². The monoisotopic (exact) mass is 475 g/mol. The van der Waals surface area contributed by atoms with Gasteiger partial charge < -0.3 is 15.0 Å². The molecule has 0 amide bonds. The number of likely N-dealkylation sites (N-methyl/N-ethyl adjacent to an activating group) is 1. The van der Waals surface area contributed by atoms with Crippen LogP contribution in [0.5, 0.6) is 0 Å². The van der Waals surface area contributed by atoms with Gasteiger partial charge in [0.2, 0.25) is 0 Å². The second-order valence-electron chi connectivity index (χ2n) is 9.73. The SMILES string of the molecule is CN1Cc2c(N3CCOCC3)nc3sc4c(NCc5cccnc5)ncnc4c3c2CC1(C)C. The van der Waals surface area contributed by atoms with Crippen LogP contribution in [0.1, 0.15) is 30.5 Å². The molecule has 34 heavy (non-hydrogen) atoms. The number of morpholine rings is 1. The van der Waals surface area contributed by atoms with E-state index < -0.39 is 0 Å². The molecule has 1 saturated heterocycles. The van der Waals surface area contributed by atoms with Gasteiger partial charge in [0.05, 0.1) is 23.4 Å². The highest BCUT2D eigenvalue weighted by atomic mass is 32.1. The number of nitrogens with one attached hydrogen (secondary N) is 1. The van der Waals surface area contributed by atoms with Gasteiger partial charge >= 0.3 is 0 Å². The standard InChI is InChI=1S/C25H29N7OS/c1-25(2)11-17-18(14-31(25)3)23(32-7-9-33-10-8-32)30-24-19(17)20-21(34-24)22(29-15-28-20)27-13-16-5-4-6-26-12-16/h4-6,12,15H,7-11,13-14H2,1-3H3,(H,27,28,29). The molecule has 0 saturated carbocycles. The third-order valence-electron chi connectivity index (χ3n) is 7.13. The third kappa shape index (κ3) is 3.68. The van der Waals surface area contributed by atoms with Gasteiger partial charge in [-0.3, -0.25) is 9.88 Å². The third-order valence-corrected chi connectivity index (χ3v) is 8.21. The van der Waals surface area contributed by atoms with Gasteiger partial charge in [-0.15, -0.1) is 11.3 Å². The predicted molar refractivity (Wildman–Crippen MR) is 137 cm³/mol. The molecule has 0 spiro atoms. The van der Waals surface area contributed by atoms with Crippen LogP contribution in [-0.4, -0.2) is 63.7 Å². The first-order valence-corrected chi connectivity index (χ1v) is 12.6. The molecule has 4 aromatic heterocycles. The number of pyridine rings is 2. The summed E-state index contributed by atoms with van der Waals surface area (Å²) in [6, 6.07) is 4.02. The van der Waals surface area contributed by atoms with Crippen molar-refractivity contribution in [2.45, 2.75) is 38.9 Å². The Bertz CT molecular complexity index is 1350. The van der Waals surface area contributed by atoms with Gasteiger partial charge in [0.25, 0.3) is 0 Å². The van der Waals surface area contributed by atoms with E-state index >= 15 is 0 Å². The van der Waals surface area contributed by atoms with Crippen LogP contribution in [0.3, 0.4) is 0 Å². The summed E-state index contributed by atoms with van der Waals surface area (Å²) in [5, 5.41) is 4.70.